The summed E-state index contributed by atoms with van der Waals surface area (Å²) >= 11 is 0. The summed E-state index contributed by atoms with van der Waals surface area (Å²) in [5.41, 5.74) is 0. The zero-order valence-corrected chi connectivity index (χ0v) is 15.8. The fraction of sp³-hybridized carbons (Fsp3) is 0.100. The summed E-state index contributed by atoms with van der Waals surface area (Å²) in [5.74, 6) is -1.51. The Bertz CT molecular complexity index is 752. The lowest BCUT2D eigenvalue weighted by atomic mass is 10.3. The Balaban J connectivity index is 0.00000208. The molecule has 0 aliphatic carbocycles. The van der Waals surface area contributed by atoms with E-state index < -0.39 is 18.9 Å². The van der Waals surface area contributed by atoms with Gasteiger partial charge in [-0.2, -0.15) is 4.39 Å². The Morgan fingerprint density at radius 1 is 0.708 bits per heavy atom. The van der Waals surface area contributed by atoms with Crippen LogP contribution in [0.1, 0.15) is 6.92 Å². The average Bonchev–Trinajstić information content (AvgIpc) is 2.61. The summed E-state index contributed by atoms with van der Waals surface area (Å²) in [6.45, 7) is 2.05. The molecule has 124 valence electrons. The maximum absolute atomic E-state index is 14.7. The Labute approximate surface area is 152 Å². The van der Waals surface area contributed by atoms with Crippen LogP contribution in [-0.4, -0.2) is 6.16 Å². The monoisotopic (exact) mass is 406 g/mol. The van der Waals surface area contributed by atoms with Gasteiger partial charge in [-0.15, -0.1) is 0 Å². The van der Waals surface area contributed by atoms with Crippen molar-refractivity contribution in [3.05, 3.63) is 90.5 Å². The SMILES string of the molecule is CC[P+](c1ccccc1)(c1ccccc1)c1cccc(F)c1F.[Br-]. The largest absolute Gasteiger partial charge is 1.00 e. The molecule has 0 aromatic heterocycles. The third-order valence-electron chi connectivity index (χ3n) is 4.21. The highest BCUT2D eigenvalue weighted by Gasteiger charge is 2.46. The maximum Gasteiger partial charge on any atom is 0.201 e. The normalized spacial score (nSPS) is 11.0. The van der Waals surface area contributed by atoms with Gasteiger partial charge in [-0.25, -0.2) is 4.39 Å². The molecule has 0 N–H and O–H groups in total. The van der Waals surface area contributed by atoms with Gasteiger partial charge in [0.2, 0.25) is 5.82 Å². The summed E-state index contributed by atoms with van der Waals surface area (Å²) < 4.78 is 28.6. The van der Waals surface area contributed by atoms with E-state index in [0.29, 0.717) is 5.30 Å². The minimum Gasteiger partial charge on any atom is -1.00 e. The van der Waals surface area contributed by atoms with E-state index in [4.69, 9.17) is 0 Å². The zero-order valence-electron chi connectivity index (χ0n) is 13.3. The lowest BCUT2D eigenvalue weighted by Crippen LogP contribution is -3.00. The van der Waals surface area contributed by atoms with Crippen LogP contribution in [0.3, 0.4) is 0 Å². The van der Waals surface area contributed by atoms with Gasteiger partial charge in [0.25, 0.3) is 0 Å². The number of hydrogen-bond acceptors (Lipinski definition) is 0. The van der Waals surface area contributed by atoms with E-state index in [0.717, 1.165) is 16.8 Å². The van der Waals surface area contributed by atoms with Crippen molar-refractivity contribution in [2.45, 2.75) is 6.92 Å². The van der Waals surface area contributed by atoms with Crippen molar-refractivity contribution in [2.24, 2.45) is 0 Å². The Morgan fingerprint density at radius 3 is 1.67 bits per heavy atom. The lowest BCUT2D eigenvalue weighted by molar-refractivity contribution is -0.00000556. The van der Waals surface area contributed by atoms with E-state index in [1.54, 1.807) is 12.1 Å². The highest BCUT2D eigenvalue weighted by molar-refractivity contribution is 7.95. The van der Waals surface area contributed by atoms with Crippen LogP contribution in [0.5, 0.6) is 0 Å². The molecular formula is C20H18BrF2P. The first-order valence-corrected chi connectivity index (χ1v) is 9.61. The molecule has 0 nitrogen and oxygen atoms in total. The molecule has 0 aliphatic heterocycles. The van der Waals surface area contributed by atoms with Crippen molar-refractivity contribution < 1.29 is 25.8 Å². The summed E-state index contributed by atoms with van der Waals surface area (Å²) in [4.78, 5) is 0. The molecule has 3 aromatic carbocycles. The van der Waals surface area contributed by atoms with Gasteiger partial charge < -0.3 is 17.0 Å². The third kappa shape index (κ3) is 3.16. The van der Waals surface area contributed by atoms with Crippen LogP contribution in [0.25, 0.3) is 0 Å². The molecule has 0 aliphatic rings. The Kier molecular flexibility index (Phi) is 6.26. The molecule has 24 heavy (non-hydrogen) atoms. The van der Waals surface area contributed by atoms with Crippen LogP contribution in [0.15, 0.2) is 78.9 Å². The molecule has 0 spiro atoms. The van der Waals surface area contributed by atoms with Crippen molar-refractivity contribution in [1.29, 1.82) is 0 Å². The topological polar surface area (TPSA) is 0 Å². The quantitative estimate of drug-likeness (QED) is 0.572. The lowest BCUT2D eigenvalue weighted by Gasteiger charge is -2.26. The summed E-state index contributed by atoms with van der Waals surface area (Å²) in [6.07, 6.45) is 0.737. The molecular weight excluding hydrogens is 389 g/mol. The second-order valence-electron chi connectivity index (χ2n) is 5.37. The molecule has 0 atom stereocenters. The fourth-order valence-corrected chi connectivity index (χ4v) is 7.19. The van der Waals surface area contributed by atoms with E-state index in [-0.39, 0.29) is 17.0 Å². The van der Waals surface area contributed by atoms with Crippen LogP contribution in [0, 0.1) is 11.6 Å². The van der Waals surface area contributed by atoms with Crippen molar-refractivity contribution in [3.8, 4) is 0 Å². The number of hydrogen-bond donors (Lipinski definition) is 0. The van der Waals surface area contributed by atoms with Gasteiger partial charge in [0.1, 0.15) is 23.2 Å². The maximum atomic E-state index is 14.7. The standard InChI is InChI=1S/C20H18F2P.BrH/c1-2-23(16-10-5-3-6-11-16,17-12-7-4-8-13-17)19-15-9-14-18(21)20(19)22;/h3-15H,2H2,1H3;1H/q+1;/p-1. The Hall–Kier alpha value is -1.57. The van der Waals surface area contributed by atoms with Gasteiger partial charge >= 0.3 is 0 Å². The van der Waals surface area contributed by atoms with Crippen LogP contribution < -0.4 is 32.9 Å². The molecule has 0 amide bonds. The molecule has 0 radical (unpaired) electrons. The van der Waals surface area contributed by atoms with Crippen molar-refractivity contribution in [3.63, 3.8) is 0 Å². The molecule has 0 unspecified atom stereocenters. The molecule has 0 saturated heterocycles. The van der Waals surface area contributed by atoms with Gasteiger partial charge in [0.05, 0.1) is 6.16 Å². The summed E-state index contributed by atoms with van der Waals surface area (Å²) in [6, 6.07) is 24.3. The molecule has 3 rings (SSSR count). The number of benzene rings is 3. The van der Waals surface area contributed by atoms with Crippen molar-refractivity contribution >= 4 is 23.2 Å². The van der Waals surface area contributed by atoms with Gasteiger partial charge in [-0.1, -0.05) is 42.5 Å². The first-order chi connectivity index (χ1) is 11.2. The minimum absolute atomic E-state index is 0. The predicted octanol–water partition coefficient (Wildman–Crippen LogP) is 1.28. The summed E-state index contributed by atoms with van der Waals surface area (Å²) in [5, 5.41) is 2.62. The van der Waals surface area contributed by atoms with Crippen LogP contribution >= 0.6 is 7.26 Å². The van der Waals surface area contributed by atoms with Crippen molar-refractivity contribution in [1.82, 2.24) is 0 Å². The van der Waals surface area contributed by atoms with Gasteiger partial charge in [-0.05, 0) is 43.3 Å². The van der Waals surface area contributed by atoms with E-state index in [9.17, 15) is 8.78 Å². The smallest absolute Gasteiger partial charge is 0.201 e. The van der Waals surface area contributed by atoms with Gasteiger partial charge in [0, 0.05) is 0 Å². The highest BCUT2D eigenvalue weighted by atomic mass is 79.9. The van der Waals surface area contributed by atoms with Crippen LogP contribution in [0.2, 0.25) is 0 Å². The van der Waals surface area contributed by atoms with E-state index in [1.165, 1.54) is 6.07 Å². The second-order valence-corrected chi connectivity index (χ2v) is 9.14. The molecule has 0 heterocycles. The average molecular weight is 407 g/mol. The molecule has 4 heteroatoms. The van der Waals surface area contributed by atoms with Gasteiger partial charge in [0.15, 0.2) is 5.82 Å². The van der Waals surface area contributed by atoms with E-state index in [1.807, 2.05) is 60.7 Å². The van der Waals surface area contributed by atoms with Gasteiger partial charge in [-0.3, -0.25) is 0 Å². The molecule has 0 saturated carbocycles. The first-order valence-electron chi connectivity index (χ1n) is 7.64. The summed E-state index contributed by atoms with van der Waals surface area (Å²) in [7, 11) is -2.21. The molecule has 0 bridgehead atoms. The van der Waals surface area contributed by atoms with Crippen LogP contribution in [-0.2, 0) is 0 Å². The second kappa shape index (κ2) is 8.00. The predicted molar refractivity (Wildman–Crippen MR) is 95.6 cm³/mol. The fourth-order valence-electron chi connectivity index (χ4n) is 3.11. The molecule has 0 fully saturated rings. The van der Waals surface area contributed by atoms with Crippen molar-refractivity contribution in [2.75, 3.05) is 6.16 Å². The zero-order chi connectivity index (χ0) is 16.3. The number of halogens is 3. The first kappa shape index (κ1) is 18.8. The minimum atomic E-state index is -2.21. The highest BCUT2D eigenvalue weighted by Crippen LogP contribution is 2.55. The van der Waals surface area contributed by atoms with E-state index in [2.05, 4.69) is 6.92 Å². The van der Waals surface area contributed by atoms with Crippen LogP contribution in [0.4, 0.5) is 8.78 Å². The third-order valence-corrected chi connectivity index (χ3v) is 8.69. The molecule has 3 aromatic rings. The van der Waals surface area contributed by atoms with E-state index >= 15 is 0 Å². The number of rotatable bonds is 4. The Morgan fingerprint density at radius 2 is 1.21 bits per heavy atom.